The number of nitriles is 1. The van der Waals surface area contributed by atoms with Crippen LogP contribution >= 0.6 is 11.6 Å². The van der Waals surface area contributed by atoms with Crippen molar-refractivity contribution in [3.05, 3.63) is 135 Å². The third-order valence-electron chi connectivity index (χ3n) is 9.83. The van der Waals surface area contributed by atoms with Gasteiger partial charge >= 0.3 is 11.9 Å². The van der Waals surface area contributed by atoms with Crippen molar-refractivity contribution < 1.29 is 44.3 Å². The Hall–Kier alpha value is -6.34. The number of aromatic nitrogens is 1. The van der Waals surface area contributed by atoms with Crippen LogP contribution in [0, 0.1) is 25.2 Å². The predicted molar refractivity (Wildman–Crippen MR) is 229 cm³/mol. The number of pyridine rings is 1. The van der Waals surface area contributed by atoms with Gasteiger partial charge in [-0.05, 0) is 77.1 Å². The van der Waals surface area contributed by atoms with Gasteiger partial charge < -0.3 is 45.9 Å². The van der Waals surface area contributed by atoms with Gasteiger partial charge in [0.25, 0.3) is 5.91 Å². The summed E-state index contributed by atoms with van der Waals surface area (Å²) in [5.41, 5.74) is 9.22. The number of hydrogen-bond donors (Lipinski definition) is 7. The molecule has 14 nitrogen and oxygen atoms in total. The molecule has 318 valence electrons. The molecule has 4 aromatic carbocycles. The molecule has 0 spiro atoms. The fourth-order valence-electron chi connectivity index (χ4n) is 6.63. The minimum atomic E-state index is -1.10. The van der Waals surface area contributed by atoms with Crippen LogP contribution in [0.1, 0.15) is 56.6 Å². The summed E-state index contributed by atoms with van der Waals surface area (Å²) in [5, 5.41) is 55.9. The summed E-state index contributed by atoms with van der Waals surface area (Å²) in [6.07, 6.45) is 0.231. The molecule has 61 heavy (non-hydrogen) atoms. The third-order valence-corrected chi connectivity index (χ3v) is 10.1. The van der Waals surface area contributed by atoms with Crippen molar-refractivity contribution >= 4 is 29.4 Å². The highest BCUT2D eigenvalue weighted by Crippen LogP contribution is 2.37. The molecule has 15 heteroatoms. The number of rotatable bonds is 22. The number of hydrogen-bond acceptors (Lipinski definition) is 11. The monoisotopic (exact) mass is 849 g/mol. The van der Waals surface area contributed by atoms with E-state index in [9.17, 15) is 29.9 Å². The van der Waals surface area contributed by atoms with Crippen LogP contribution < -0.4 is 25.4 Å². The number of carbonyl (C=O) groups excluding carboxylic acids is 1. The minimum absolute atomic E-state index is 0.0345. The molecule has 0 radical (unpaired) electrons. The number of nitrogens with one attached hydrogen (secondary N) is 3. The van der Waals surface area contributed by atoms with Crippen molar-refractivity contribution in [2.24, 2.45) is 0 Å². The van der Waals surface area contributed by atoms with E-state index in [2.05, 4.69) is 46.1 Å². The third kappa shape index (κ3) is 13.3. The van der Waals surface area contributed by atoms with Crippen LogP contribution in [0.4, 0.5) is 0 Å². The maximum Gasteiger partial charge on any atom is 0.306 e. The second kappa shape index (κ2) is 22.3. The molecule has 1 aromatic heterocycles. The molecule has 5 aromatic rings. The molecule has 1 heterocycles. The number of amides is 1. The summed E-state index contributed by atoms with van der Waals surface area (Å²) in [7, 11) is 0. The van der Waals surface area contributed by atoms with Crippen LogP contribution in [0.3, 0.4) is 0 Å². The van der Waals surface area contributed by atoms with Gasteiger partial charge in [0.05, 0.1) is 35.6 Å². The van der Waals surface area contributed by atoms with E-state index in [4.69, 9.17) is 31.3 Å². The maximum atomic E-state index is 12.8. The number of carbonyl (C=O) groups is 3. The number of benzene rings is 4. The van der Waals surface area contributed by atoms with Gasteiger partial charge in [-0.15, -0.1) is 0 Å². The van der Waals surface area contributed by atoms with Gasteiger partial charge in [-0.1, -0.05) is 60.1 Å². The Morgan fingerprint density at radius 3 is 2.08 bits per heavy atom. The number of nitrogens with zero attached hydrogens (tertiary/aromatic N) is 2. The average Bonchev–Trinajstić information content (AvgIpc) is 3.23. The lowest BCUT2D eigenvalue weighted by molar-refractivity contribution is -0.140. The lowest BCUT2D eigenvalue weighted by atomic mass is 9.89. The van der Waals surface area contributed by atoms with E-state index in [1.165, 1.54) is 6.20 Å². The molecular formula is C46H48ClN5O9. The second-order valence-electron chi connectivity index (χ2n) is 14.4. The Bertz CT molecular complexity index is 2370. The van der Waals surface area contributed by atoms with Gasteiger partial charge in [-0.25, -0.2) is 0 Å². The molecule has 0 unspecified atom stereocenters. The van der Waals surface area contributed by atoms with Crippen molar-refractivity contribution in [1.29, 1.82) is 5.26 Å². The standard InChI is InChI=1S/C46H48ClN5O9/c1-28-34(27-61-43-19-42(60-26-31-15-30(20-48)21-50-22-31)35(16-41(43)47)23-51-25-37(54)18-45(57)58)5-3-7-39(28)40-8-4-6-38(29(40)2)32-9-11-33(12-10-32)46(59)52-14-13-49-24-36(53)17-44(55)56/h3-12,15-16,19,21-22,36-37,49,51,53-54H,13-14,17-18,23-27H2,1-2H3,(H,52,59)(H,55,56)(H,57,58)/t36-,37-/m0/s1. The topological polar surface area (TPSA) is 223 Å². The second-order valence-corrected chi connectivity index (χ2v) is 14.8. The van der Waals surface area contributed by atoms with Gasteiger partial charge in [-0.2, -0.15) is 5.26 Å². The molecule has 0 fully saturated rings. The molecule has 2 atom stereocenters. The van der Waals surface area contributed by atoms with Crippen molar-refractivity contribution in [3.63, 3.8) is 0 Å². The maximum absolute atomic E-state index is 12.8. The van der Waals surface area contributed by atoms with E-state index >= 15 is 0 Å². The minimum Gasteiger partial charge on any atom is -0.488 e. The number of carboxylic acids is 2. The summed E-state index contributed by atoms with van der Waals surface area (Å²) in [4.78, 5) is 38.6. The Kier molecular flexibility index (Phi) is 16.7. The lowest BCUT2D eigenvalue weighted by Crippen LogP contribution is -2.35. The first kappa shape index (κ1) is 45.7. The fourth-order valence-corrected chi connectivity index (χ4v) is 6.87. The zero-order valence-corrected chi connectivity index (χ0v) is 34.5. The Balaban J connectivity index is 1.28. The zero-order chi connectivity index (χ0) is 43.9. The highest BCUT2D eigenvalue weighted by Gasteiger charge is 2.17. The smallest absolute Gasteiger partial charge is 0.306 e. The SMILES string of the molecule is Cc1c(COc2cc(OCc3cncc(C#N)c3)c(CNC[C@@H](O)CC(=O)O)cc2Cl)cccc1-c1cccc(-c2ccc(C(=O)NCCNC[C@@H](O)CC(=O)O)cc2)c1C. The van der Waals surface area contributed by atoms with Crippen LogP contribution in [0.5, 0.6) is 11.5 Å². The number of aliphatic hydroxyl groups excluding tert-OH is 2. The molecule has 7 N–H and O–H groups in total. The van der Waals surface area contributed by atoms with E-state index in [0.717, 1.165) is 38.9 Å². The fraction of sp³-hybridized carbons (Fsp3) is 0.283. The summed E-state index contributed by atoms with van der Waals surface area (Å²) >= 11 is 6.75. The zero-order valence-electron chi connectivity index (χ0n) is 33.8. The first-order valence-corrected chi connectivity index (χ1v) is 19.9. The summed E-state index contributed by atoms with van der Waals surface area (Å²) < 4.78 is 12.5. The van der Waals surface area contributed by atoms with E-state index in [1.54, 1.807) is 36.5 Å². The van der Waals surface area contributed by atoms with Gasteiger partial charge in [-0.3, -0.25) is 19.4 Å². The molecule has 0 aliphatic heterocycles. The molecular weight excluding hydrogens is 802 g/mol. The van der Waals surface area contributed by atoms with E-state index in [-0.39, 0.29) is 45.2 Å². The summed E-state index contributed by atoms with van der Waals surface area (Å²) in [5.74, 6) is -1.62. The van der Waals surface area contributed by atoms with E-state index in [0.29, 0.717) is 51.9 Å². The number of carboxylic acid groups (broad SMARTS) is 2. The van der Waals surface area contributed by atoms with Crippen molar-refractivity contribution in [2.45, 2.75) is 58.7 Å². The van der Waals surface area contributed by atoms with Gasteiger partial charge in [0.15, 0.2) is 0 Å². The van der Waals surface area contributed by atoms with E-state index in [1.807, 2.05) is 43.3 Å². The van der Waals surface area contributed by atoms with Crippen LogP contribution in [-0.4, -0.2) is 81.6 Å². The summed E-state index contributed by atoms with van der Waals surface area (Å²) in [6.45, 7) is 5.43. The van der Waals surface area contributed by atoms with Crippen LogP contribution in [-0.2, 0) is 29.3 Å². The van der Waals surface area contributed by atoms with Crippen molar-refractivity contribution in [3.8, 4) is 39.8 Å². The molecule has 0 saturated carbocycles. The molecule has 0 saturated heterocycles. The largest absolute Gasteiger partial charge is 0.488 e. The van der Waals surface area contributed by atoms with Crippen LogP contribution in [0.2, 0.25) is 5.02 Å². The predicted octanol–water partition coefficient (Wildman–Crippen LogP) is 5.80. The molecule has 1 amide bonds. The molecule has 0 aliphatic rings. The number of aliphatic hydroxyl groups is 2. The normalized spacial score (nSPS) is 11.9. The van der Waals surface area contributed by atoms with Crippen molar-refractivity contribution in [1.82, 2.24) is 20.9 Å². The van der Waals surface area contributed by atoms with Crippen LogP contribution in [0.15, 0.2) is 91.3 Å². The number of ether oxygens (including phenoxy) is 2. The molecule has 0 bridgehead atoms. The van der Waals surface area contributed by atoms with Gasteiger partial charge in [0, 0.05) is 67.9 Å². The van der Waals surface area contributed by atoms with Gasteiger partial charge in [0.2, 0.25) is 0 Å². The number of halogens is 1. The Labute approximate surface area is 358 Å². The van der Waals surface area contributed by atoms with Crippen molar-refractivity contribution in [2.75, 3.05) is 26.2 Å². The van der Waals surface area contributed by atoms with Crippen LogP contribution in [0.25, 0.3) is 22.3 Å². The Morgan fingerprint density at radius 2 is 1.39 bits per heavy atom. The average molecular weight is 850 g/mol. The quantitative estimate of drug-likeness (QED) is 0.0410. The summed E-state index contributed by atoms with van der Waals surface area (Å²) in [6, 6.07) is 26.6. The lowest BCUT2D eigenvalue weighted by Gasteiger charge is -2.18. The van der Waals surface area contributed by atoms with Gasteiger partial charge in [0.1, 0.15) is 30.8 Å². The van der Waals surface area contributed by atoms with E-state index < -0.39 is 30.6 Å². The molecule has 5 rings (SSSR count). The highest BCUT2D eigenvalue weighted by molar-refractivity contribution is 6.32. The first-order chi connectivity index (χ1) is 29.3. The number of aliphatic carboxylic acids is 2. The molecule has 0 aliphatic carbocycles. The highest BCUT2D eigenvalue weighted by atomic mass is 35.5. The first-order valence-electron chi connectivity index (χ1n) is 19.5. The Morgan fingerprint density at radius 1 is 0.754 bits per heavy atom.